The first-order chi connectivity index (χ1) is 8.95. The molecule has 106 valence electrons. The number of nitrogens with one attached hydrogen (secondary N) is 1. The summed E-state index contributed by atoms with van der Waals surface area (Å²) in [5.74, 6) is -0.544. The van der Waals surface area contributed by atoms with Crippen molar-refractivity contribution < 1.29 is 12.8 Å². The number of halogens is 2. The molecule has 4 nitrogen and oxygen atoms in total. The van der Waals surface area contributed by atoms with Crippen molar-refractivity contribution in [1.29, 1.82) is 0 Å². The molecule has 0 saturated carbocycles. The third-order valence-electron chi connectivity index (χ3n) is 3.37. The number of hydrogen-bond acceptors (Lipinski definition) is 3. The van der Waals surface area contributed by atoms with Crippen LogP contribution in [0.5, 0.6) is 0 Å². The summed E-state index contributed by atoms with van der Waals surface area (Å²) in [6, 6.07) is 3.69. The lowest BCUT2D eigenvalue weighted by molar-refractivity contribution is 0.298. The standard InChI is InChI=1S/C12H16ClFN2O2S/c1-15-10-4-6-16(7-5-10)19(17,18)12-3-2-9(14)8-11(12)13/h2-3,8,10,15H,4-7H2,1H3. The van der Waals surface area contributed by atoms with E-state index in [1.807, 2.05) is 7.05 Å². The Kier molecular flexibility index (Phi) is 4.45. The van der Waals surface area contributed by atoms with E-state index in [2.05, 4.69) is 5.32 Å². The Balaban J connectivity index is 2.23. The van der Waals surface area contributed by atoms with E-state index < -0.39 is 15.8 Å². The minimum Gasteiger partial charge on any atom is -0.317 e. The maximum Gasteiger partial charge on any atom is 0.244 e. The highest BCUT2D eigenvalue weighted by Crippen LogP contribution is 2.27. The number of benzene rings is 1. The van der Waals surface area contributed by atoms with Crippen LogP contribution in [0.1, 0.15) is 12.8 Å². The second kappa shape index (κ2) is 5.75. The maximum absolute atomic E-state index is 13.0. The maximum atomic E-state index is 13.0. The van der Waals surface area contributed by atoms with E-state index in [0.717, 1.165) is 25.0 Å². The Morgan fingerprint density at radius 1 is 1.37 bits per heavy atom. The van der Waals surface area contributed by atoms with E-state index in [0.29, 0.717) is 19.1 Å². The SMILES string of the molecule is CNC1CCN(S(=O)(=O)c2ccc(F)cc2Cl)CC1. The summed E-state index contributed by atoms with van der Waals surface area (Å²) in [6.45, 7) is 0.892. The Morgan fingerprint density at radius 2 is 2.00 bits per heavy atom. The Labute approximate surface area is 117 Å². The van der Waals surface area contributed by atoms with Gasteiger partial charge in [-0.1, -0.05) is 11.6 Å². The molecule has 1 N–H and O–H groups in total. The number of rotatable bonds is 3. The van der Waals surface area contributed by atoms with Crippen LogP contribution in [-0.2, 0) is 10.0 Å². The molecule has 2 rings (SSSR count). The molecule has 0 radical (unpaired) electrons. The zero-order valence-corrected chi connectivity index (χ0v) is 12.1. The minimum absolute atomic E-state index is 0.0292. The smallest absolute Gasteiger partial charge is 0.244 e. The van der Waals surface area contributed by atoms with Gasteiger partial charge >= 0.3 is 0 Å². The van der Waals surface area contributed by atoms with Crippen molar-refractivity contribution in [2.45, 2.75) is 23.8 Å². The molecular weight excluding hydrogens is 291 g/mol. The fraction of sp³-hybridized carbons (Fsp3) is 0.500. The molecule has 0 atom stereocenters. The lowest BCUT2D eigenvalue weighted by Gasteiger charge is -2.31. The minimum atomic E-state index is -3.63. The van der Waals surface area contributed by atoms with Crippen LogP contribution in [0, 0.1) is 5.82 Å². The van der Waals surface area contributed by atoms with Crippen LogP contribution in [0.4, 0.5) is 4.39 Å². The molecule has 0 bridgehead atoms. The number of sulfonamides is 1. The topological polar surface area (TPSA) is 49.4 Å². The normalized spacial score (nSPS) is 18.7. The number of nitrogens with zero attached hydrogens (tertiary/aromatic N) is 1. The molecular formula is C12H16ClFN2O2S. The monoisotopic (exact) mass is 306 g/mol. The second-order valence-electron chi connectivity index (χ2n) is 4.54. The largest absolute Gasteiger partial charge is 0.317 e. The van der Waals surface area contributed by atoms with Crippen LogP contribution < -0.4 is 5.32 Å². The van der Waals surface area contributed by atoms with Crippen LogP contribution in [0.2, 0.25) is 5.02 Å². The zero-order valence-electron chi connectivity index (χ0n) is 10.6. The van der Waals surface area contributed by atoms with Gasteiger partial charge in [-0.3, -0.25) is 0 Å². The summed E-state index contributed by atoms with van der Waals surface area (Å²) in [7, 11) is -1.77. The Morgan fingerprint density at radius 3 is 2.53 bits per heavy atom. The van der Waals surface area contributed by atoms with Gasteiger partial charge in [0.15, 0.2) is 0 Å². The molecule has 1 saturated heterocycles. The van der Waals surface area contributed by atoms with Gasteiger partial charge in [0.25, 0.3) is 0 Å². The van der Waals surface area contributed by atoms with Gasteiger partial charge in [0.2, 0.25) is 10.0 Å². The van der Waals surface area contributed by atoms with Crippen molar-refractivity contribution in [1.82, 2.24) is 9.62 Å². The lowest BCUT2D eigenvalue weighted by atomic mass is 10.1. The fourth-order valence-electron chi connectivity index (χ4n) is 2.21. The van der Waals surface area contributed by atoms with E-state index in [4.69, 9.17) is 11.6 Å². The van der Waals surface area contributed by atoms with Gasteiger partial charge in [0.1, 0.15) is 10.7 Å². The molecule has 0 aromatic heterocycles. The summed E-state index contributed by atoms with van der Waals surface area (Å²) in [6.07, 6.45) is 1.52. The highest BCUT2D eigenvalue weighted by Gasteiger charge is 2.30. The van der Waals surface area contributed by atoms with E-state index in [1.54, 1.807) is 0 Å². The lowest BCUT2D eigenvalue weighted by Crippen LogP contribution is -2.43. The van der Waals surface area contributed by atoms with Crippen LogP contribution in [0.15, 0.2) is 23.1 Å². The highest BCUT2D eigenvalue weighted by atomic mass is 35.5. The van der Waals surface area contributed by atoms with Gasteiger partial charge in [-0.15, -0.1) is 0 Å². The first kappa shape index (κ1) is 14.7. The quantitative estimate of drug-likeness (QED) is 0.927. The van der Waals surface area contributed by atoms with E-state index in [9.17, 15) is 12.8 Å². The Hall–Kier alpha value is -0.690. The average Bonchev–Trinajstić information content (AvgIpc) is 2.38. The predicted molar refractivity (Wildman–Crippen MR) is 72.3 cm³/mol. The average molecular weight is 307 g/mol. The van der Waals surface area contributed by atoms with Crippen LogP contribution in [0.3, 0.4) is 0 Å². The molecule has 1 aromatic rings. The molecule has 7 heteroatoms. The van der Waals surface area contributed by atoms with Crippen molar-refractivity contribution in [3.63, 3.8) is 0 Å². The molecule has 19 heavy (non-hydrogen) atoms. The molecule has 0 amide bonds. The van der Waals surface area contributed by atoms with E-state index in [1.165, 1.54) is 10.4 Å². The van der Waals surface area contributed by atoms with E-state index >= 15 is 0 Å². The molecule has 1 heterocycles. The van der Waals surface area contributed by atoms with Crippen LogP contribution in [0.25, 0.3) is 0 Å². The molecule has 0 spiro atoms. The molecule has 1 aliphatic heterocycles. The summed E-state index contributed by atoms with van der Waals surface area (Å²) >= 11 is 5.83. The highest BCUT2D eigenvalue weighted by molar-refractivity contribution is 7.89. The summed E-state index contributed by atoms with van der Waals surface area (Å²) in [4.78, 5) is -0.0292. The molecule has 0 unspecified atom stereocenters. The van der Waals surface area contributed by atoms with Crippen molar-refractivity contribution in [3.8, 4) is 0 Å². The van der Waals surface area contributed by atoms with Gasteiger partial charge < -0.3 is 5.32 Å². The summed E-state index contributed by atoms with van der Waals surface area (Å²) in [5, 5.41) is 3.06. The molecule has 1 aliphatic rings. The van der Waals surface area contributed by atoms with Crippen LogP contribution in [-0.4, -0.2) is 38.9 Å². The van der Waals surface area contributed by atoms with Gasteiger partial charge in [-0.2, -0.15) is 4.31 Å². The van der Waals surface area contributed by atoms with Crippen molar-refractivity contribution in [2.24, 2.45) is 0 Å². The third-order valence-corrected chi connectivity index (χ3v) is 5.76. The second-order valence-corrected chi connectivity index (χ2v) is 6.86. The van der Waals surface area contributed by atoms with Gasteiger partial charge in [0.05, 0.1) is 5.02 Å². The third kappa shape index (κ3) is 3.08. The van der Waals surface area contributed by atoms with Crippen molar-refractivity contribution in [3.05, 3.63) is 29.0 Å². The van der Waals surface area contributed by atoms with Crippen LogP contribution >= 0.6 is 11.6 Å². The molecule has 1 fully saturated rings. The Bertz CT molecular complexity index is 557. The molecule has 1 aromatic carbocycles. The summed E-state index contributed by atoms with van der Waals surface area (Å²) < 4.78 is 39.2. The van der Waals surface area contributed by atoms with Gasteiger partial charge in [0, 0.05) is 19.1 Å². The van der Waals surface area contributed by atoms with Crippen molar-refractivity contribution in [2.75, 3.05) is 20.1 Å². The molecule has 0 aliphatic carbocycles. The zero-order chi connectivity index (χ0) is 14.0. The number of piperidine rings is 1. The van der Waals surface area contributed by atoms with Crippen molar-refractivity contribution >= 4 is 21.6 Å². The summed E-state index contributed by atoms with van der Waals surface area (Å²) in [5.41, 5.74) is 0. The predicted octanol–water partition coefficient (Wildman–Crippen LogP) is 1.85. The van der Waals surface area contributed by atoms with E-state index in [-0.39, 0.29) is 9.92 Å². The fourth-order valence-corrected chi connectivity index (χ4v) is 4.18. The number of hydrogen-bond donors (Lipinski definition) is 1. The first-order valence-corrected chi connectivity index (χ1v) is 7.89. The van der Waals surface area contributed by atoms with Gasteiger partial charge in [-0.05, 0) is 38.1 Å². The van der Waals surface area contributed by atoms with Gasteiger partial charge in [-0.25, -0.2) is 12.8 Å². The first-order valence-electron chi connectivity index (χ1n) is 6.07.